The van der Waals surface area contributed by atoms with Gasteiger partial charge >= 0.3 is 0 Å². The van der Waals surface area contributed by atoms with Crippen LogP contribution in [0.5, 0.6) is 0 Å². The fourth-order valence-electron chi connectivity index (χ4n) is 3.40. The van der Waals surface area contributed by atoms with Crippen LogP contribution in [0.3, 0.4) is 0 Å². The second-order valence-corrected chi connectivity index (χ2v) is 7.46. The molecular formula is C22H37N5O2. The van der Waals surface area contributed by atoms with Gasteiger partial charge < -0.3 is 25.2 Å². The highest BCUT2D eigenvalue weighted by molar-refractivity contribution is 5.79. The summed E-state index contributed by atoms with van der Waals surface area (Å²) in [4.78, 5) is 21.0. The van der Waals surface area contributed by atoms with E-state index >= 15 is 0 Å². The minimum Gasteiger partial charge on any atom is -0.385 e. The fraction of sp³-hybridized carbons (Fsp3) is 0.636. The van der Waals surface area contributed by atoms with Crippen LogP contribution in [0.25, 0.3) is 0 Å². The molecule has 0 unspecified atom stereocenters. The Hall–Kier alpha value is -2.12. The number of carbonyl (C=O) groups excluding carboxylic acids is 1. The maximum Gasteiger partial charge on any atom is 0.222 e. The SMILES string of the molecule is CCNC(=NCc1ccccc1CN1CCCC1=O)NCCN(C)CCCOC. The standard InChI is InChI=1S/C22H37N5O2/c1-4-23-22(24-12-15-26(2)13-8-16-29-3)25-17-19-9-5-6-10-20(19)18-27-14-7-11-21(27)28/h5-6,9-10H,4,7-8,11-18H2,1-3H3,(H2,23,24,25). The minimum absolute atomic E-state index is 0.257. The number of hydrogen-bond acceptors (Lipinski definition) is 4. The first-order valence-corrected chi connectivity index (χ1v) is 10.7. The van der Waals surface area contributed by atoms with Crippen molar-refractivity contribution in [2.75, 3.05) is 53.5 Å². The molecule has 0 bridgehead atoms. The smallest absolute Gasteiger partial charge is 0.222 e. The van der Waals surface area contributed by atoms with Crippen LogP contribution in [0.4, 0.5) is 0 Å². The van der Waals surface area contributed by atoms with Crippen molar-refractivity contribution in [3.63, 3.8) is 0 Å². The number of guanidine groups is 1. The number of amides is 1. The Kier molecular flexibility index (Phi) is 10.5. The van der Waals surface area contributed by atoms with Crippen LogP contribution in [0.15, 0.2) is 29.3 Å². The summed E-state index contributed by atoms with van der Waals surface area (Å²) in [5.74, 6) is 1.08. The van der Waals surface area contributed by atoms with Crippen LogP contribution >= 0.6 is 0 Å². The van der Waals surface area contributed by atoms with Crippen molar-refractivity contribution < 1.29 is 9.53 Å². The van der Waals surface area contributed by atoms with Gasteiger partial charge in [0.1, 0.15) is 0 Å². The molecule has 1 aliphatic heterocycles. The highest BCUT2D eigenvalue weighted by atomic mass is 16.5. The maximum atomic E-state index is 12.0. The molecule has 0 atom stereocenters. The maximum absolute atomic E-state index is 12.0. The average Bonchev–Trinajstić information content (AvgIpc) is 3.12. The van der Waals surface area contributed by atoms with Gasteiger partial charge in [-0.15, -0.1) is 0 Å². The van der Waals surface area contributed by atoms with Crippen molar-refractivity contribution in [1.29, 1.82) is 0 Å². The van der Waals surface area contributed by atoms with Gasteiger partial charge in [-0.3, -0.25) is 4.79 Å². The highest BCUT2D eigenvalue weighted by Gasteiger charge is 2.20. The predicted octanol–water partition coefficient (Wildman–Crippen LogP) is 1.83. The van der Waals surface area contributed by atoms with E-state index < -0.39 is 0 Å². The van der Waals surface area contributed by atoms with E-state index in [1.165, 1.54) is 11.1 Å². The quantitative estimate of drug-likeness (QED) is 0.317. The molecule has 162 valence electrons. The topological polar surface area (TPSA) is 69.2 Å². The third kappa shape index (κ3) is 8.41. The van der Waals surface area contributed by atoms with Crippen LogP contribution in [0.1, 0.15) is 37.3 Å². The zero-order valence-corrected chi connectivity index (χ0v) is 18.2. The van der Waals surface area contributed by atoms with Gasteiger partial charge in [-0.05, 0) is 37.9 Å². The largest absolute Gasteiger partial charge is 0.385 e. The number of methoxy groups -OCH3 is 1. The lowest BCUT2D eigenvalue weighted by molar-refractivity contribution is -0.128. The molecule has 1 amide bonds. The lowest BCUT2D eigenvalue weighted by Gasteiger charge is -2.19. The number of aliphatic imine (C=N–C) groups is 1. The summed E-state index contributed by atoms with van der Waals surface area (Å²) < 4.78 is 5.10. The van der Waals surface area contributed by atoms with Gasteiger partial charge in [0, 0.05) is 59.4 Å². The monoisotopic (exact) mass is 403 g/mol. The van der Waals surface area contributed by atoms with E-state index in [1.54, 1.807) is 7.11 Å². The van der Waals surface area contributed by atoms with Crippen molar-refractivity contribution in [3.05, 3.63) is 35.4 Å². The van der Waals surface area contributed by atoms with Crippen LogP contribution in [0, 0.1) is 0 Å². The van der Waals surface area contributed by atoms with E-state index in [0.29, 0.717) is 19.5 Å². The van der Waals surface area contributed by atoms with Gasteiger partial charge in [0.05, 0.1) is 6.54 Å². The number of nitrogens with one attached hydrogen (secondary N) is 2. The van der Waals surface area contributed by atoms with E-state index in [4.69, 9.17) is 9.73 Å². The fourth-order valence-corrected chi connectivity index (χ4v) is 3.40. The summed E-state index contributed by atoms with van der Waals surface area (Å²) in [5.41, 5.74) is 2.35. The number of likely N-dealkylation sites (tertiary alicyclic amines) is 1. The van der Waals surface area contributed by atoms with E-state index in [9.17, 15) is 4.79 Å². The molecule has 29 heavy (non-hydrogen) atoms. The summed E-state index contributed by atoms with van der Waals surface area (Å²) in [6.07, 6.45) is 2.68. The van der Waals surface area contributed by atoms with Crippen molar-refractivity contribution in [2.24, 2.45) is 4.99 Å². The molecule has 0 saturated carbocycles. The molecule has 0 aromatic heterocycles. The molecule has 0 radical (unpaired) electrons. The van der Waals surface area contributed by atoms with Gasteiger partial charge in [-0.1, -0.05) is 24.3 Å². The first-order valence-electron chi connectivity index (χ1n) is 10.7. The second kappa shape index (κ2) is 13.2. The molecular weight excluding hydrogens is 366 g/mol. The molecule has 2 N–H and O–H groups in total. The Bertz CT molecular complexity index is 650. The highest BCUT2D eigenvalue weighted by Crippen LogP contribution is 2.17. The molecule has 1 aromatic carbocycles. The minimum atomic E-state index is 0.257. The first-order chi connectivity index (χ1) is 14.1. The van der Waals surface area contributed by atoms with Gasteiger partial charge in [0.2, 0.25) is 5.91 Å². The zero-order chi connectivity index (χ0) is 20.9. The number of likely N-dealkylation sites (N-methyl/N-ethyl adjacent to an activating group) is 1. The third-order valence-corrected chi connectivity index (χ3v) is 5.08. The number of carbonyl (C=O) groups is 1. The van der Waals surface area contributed by atoms with Crippen molar-refractivity contribution in [3.8, 4) is 0 Å². The first kappa shape index (κ1) is 23.2. The Labute approximate surface area is 175 Å². The zero-order valence-electron chi connectivity index (χ0n) is 18.2. The summed E-state index contributed by atoms with van der Waals surface area (Å²) in [5, 5.41) is 6.73. The molecule has 0 aliphatic carbocycles. The molecule has 1 saturated heterocycles. The number of nitrogens with zero attached hydrogens (tertiary/aromatic N) is 3. The van der Waals surface area contributed by atoms with E-state index in [0.717, 1.165) is 58.1 Å². The van der Waals surface area contributed by atoms with Crippen molar-refractivity contribution >= 4 is 11.9 Å². The summed E-state index contributed by atoms with van der Waals surface area (Å²) >= 11 is 0. The van der Waals surface area contributed by atoms with Crippen LogP contribution < -0.4 is 10.6 Å². The molecule has 1 heterocycles. The lowest BCUT2D eigenvalue weighted by Crippen LogP contribution is -2.41. The molecule has 0 spiro atoms. The summed E-state index contributed by atoms with van der Waals surface area (Å²) in [6, 6.07) is 8.28. The van der Waals surface area contributed by atoms with E-state index in [-0.39, 0.29) is 5.91 Å². The van der Waals surface area contributed by atoms with Crippen LogP contribution in [-0.2, 0) is 22.6 Å². The molecule has 7 heteroatoms. The van der Waals surface area contributed by atoms with Gasteiger partial charge in [0.25, 0.3) is 0 Å². The normalized spacial score (nSPS) is 14.7. The number of benzene rings is 1. The molecule has 2 rings (SSSR count). The molecule has 7 nitrogen and oxygen atoms in total. The third-order valence-electron chi connectivity index (χ3n) is 5.08. The van der Waals surface area contributed by atoms with Gasteiger partial charge in [0.15, 0.2) is 5.96 Å². The van der Waals surface area contributed by atoms with Crippen LogP contribution in [0.2, 0.25) is 0 Å². The Balaban J connectivity index is 1.88. The molecule has 1 fully saturated rings. The lowest BCUT2D eigenvalue weighted by atomic mass is 10.1. The van der Waals surface area contributed by atoms with Gasteiger partial charge in [-0.2, -0.15) is 0 Å². The Morgan fingerprint density at radius 3 is 2.72 bits per heavy atom. The summed E-state index contributed by atoms with van der Waals surface area (Å²) in [7, 11) is 3.86. The van der Waals surface area contributed by atoms with Crippen molar-refractivity contribution in [2.45, 2.75) is 39.3 Å². The molecule has 1 aliphatic rings. The number of rotatable bonds is 12. The molecule has 1 aromatic rings. The van der Waals surface area contributed by atoms with Crippen molar-refractivity contribution in [1.82, 2.24) is 20.4 Å². The Morgan fingerprint density at radius 1 is 1.24 bits per heavy atom. The predicted molar refractivity (Wildman–Crippen MR) is 118 cm³/mol. The second-order valence-electron chi connectivity index (χ2n) is 7.46. The number of hydrogen-bond donors (Lipinski definition) is 2. The van der Waals surface area contributed by atoms with E-state index in [2.05, 4.69) is 41.6 Å². The van der Waals surface area contributed by atoms with E-state index in [1.807, 2.05) is 17.0 Å². The summed E-state index contributed by atoms with van der Waals surface area (Å²) in [6.45, 7) is 8.62. The Morgan fingerprint density at radius 2 is 2.03 bits per heavy atom. The van der Waals surface area contributed by atoms with Gasteiger partial charge in [-0.25, -0.2) is 4.99 Å². The number of ether oxygens (including phenoxy) is 1. The average molecular weight is 404 g/mol. The van der Waals surface area contributed by atoms with Crippen LogP contribution in [-0.4, -0.2) is 75.2 Å².